The number of alkyl halides is 1. The summed E-state index contributed by atoms with van der Waals surface area (Å²) >= 11 is 3.85. The van der Waals surface area contributed by atoms with Crippen molar-refractivity contribution in [2.75, 3.05) is 13.7 Å². The Morgan fingerprint density at radius 2 is 1.95 bits per heavy atom. The average Bonchev–Trinajstić information content (AvgIpc) is 2.92. The molecule has 2 aromatic carbocycles. The summed E-state index contributed by atoms with van der Waals surface area (Å²) in [6, 6.07) is 12.8. The van der Waals surface area contributed by atoms with Crippen LogP contribution in [0.5, 0.6) is 5.75 Å². The number of halogens is 1. The number of methoxy groups -OCH3 is 1. The van der Waals surface area contributed by atoms with Crippen LogP contribution in [0.4, 0.5) is 0 Å². The van der Waals surface area contributed by atoms with Crippen LogP contribution in [0.25, 0.3) is 10.8 Å². The zero-order valence-corrected chi connectivity index (χ0v) is 13.4. The van der Waals surface area contributed by atoms with Gasteiger partial charge in [-0.25, -0.2) is 0 Å². The highest BCUT2D eigenvalue weighted by molar-refractivity contribution is 9.09. The molecule has 0 spiro atoms. The molecule has 0 amide bonds. The lowest BCUT2D eigenvalue weighted by molar-refractivity contribution is 0.120. The van der Waals surface area contributed by atoms with Crippen molar-refractivity contribution in [1.29, 1.82) is 0 Å². The van der Waals surface area contributed by atoms with E-state index in [2.05, 4.69) is 53.2 Å². The number of hydrogen-bond acceptors (Lipinski definition) is 2. The van der Waals surface area contributed by atoms with Crippen LogP contribution in [0.1, 0.15) is 23.7 Å². The monoisotopic (exact) mass is 334 g/mol. The fourth-order valence-electron chi connectivity index (χ4n) is 2.87. The van der Waals surface area contributed by atoms with Gasteiger partial charge in [0.05, 0.1) is 19.8 Å². The number of fused-ring (bicyclic) bond motifs is 1. The van der Waals surface area contributed by atoms with Crippen molar-refractivity contribution in [1.82, 2.24) is 0 Å². The first kappa shape index (κ1) is 13.9. The van der Waals surface area contributed by atoms with Gasteiger partial charge in [0.2, 0.25) is 0 Å². The molecule has 0 radical (unpaired) electrons. The Bertz CT molecular complexity index is 611. The molecule has 2 aromatic rings. The van der Waals surface area contributed by atoms with Crippen molar-refractivity contribution in [3.05, 3.63) is 42.0 Å². The largest absolute Gasteiger partial charge is 0.497 e. The van der Waals surface area contributed by atoms with Gasteiger partial charge < -0.3 is 9.47 Å². The zero-order chi connectivity index (χ0) is 14.1. The van der Waals surface area contributed by atoms with Gasteiger partial charge in [0.15, 0.2) is 0 Å². The third-order valence-corrected chi connectivity index (χ3v) is 5.31. The van der Waals surface area contributed by atoms with Crippen LogP contribution < -0.4 is 4.74 Å². The minimum atomic E-state index is 0.360. The molecule has 0 saturated carbocycles. The maximum absolute atomic E-state index is 5.68. The summed E-state index contributed by atoms with van der Waals surface area (Å²) in [7, 11) is 1.70. The van der Waals surface area contributed by atoms with Crippen LogP contribution >= 0.6 is 15.9 Å². The van der Waals surface area contributed by atoms with E-state index in [0.29, 0.717) is 16.8 Å². The van der Waals surface area contributed by atoms with Crippen molar-refractivity contribution in [3.8, 4) is 5.75 Å². The van der Waals surface area contributed by atoms with Crippen molar-refractivity contribution >= 4 is 26.7 Å². The Morgan fingerprint density at radius 3 is 2.65 bits per heavy atom. The van der Waals surface area contributed by atoms with E-state index in [0.717, 1.165) is 18.8 Å². The Balaban J connectivity index is 1.88. The highest BCUT2D eigenvalue weighted by Crippen LogP contribution is 2.39. The minimum absolute atomic E-state index is 0.360. The molecular weight excluding hydrogens is 316 g/mol. The lowest BCUT2D eigenvalue weighted by atomic mass is 9.95. The van der Waals surface area contributed by atoms with Crippen molar-refractivity contribution < 1.29 is 9.47 Å². The predicted molar refractivity (Wildman–Crippen MR) is 85.7 cm³/mol. The summed E-state index contributed by atoms with van der Waals surface area (Å²) in [5.74, 6) is 1.46. The summed E-state index contributed by atoms with van der Waals surface area (Å²) in [4.78, 5) is 0.360. The fourth-order valence-corrected chi connectivity index (χ4v) is 3.52. The molecule has 1 fully saturated rings. The predicted octanol–water partition coefficient (Wildman–Crippen LogP) is 4.71. The molecule has 0 aliphatic carbocycles. The summed E-state index contributed by atoms with van der Waals surface area (Å²) in [5.41, 5.74) is 1.32. The van der Waals surface area contributed by atoms with Crippen LogP contribution in [0.2, 0.25) is 0 Å². The zero-order valence-electron chi connectivity index (χ0n) is 11.8. The van der Waals surface area contributed by atoms with Gasteiger partial charge in [0.25, 0.3) is 0 Å². The average molecular weight is 335 g/mol. The molecule has 3 rings (SSSR count). The first-order valence-electron chi connectivity index (χ1n) is 7.01. The van der Waals surface area contributed by atoms with E-state index < -0.39 is 0 Å². The smallest absolute Gasteiger partial charge is 0.119 e. The van der Waals surface area contributed by atoms with E-state index in [1.807, 2.05) is 6.07 Å². The number of hydrogen-bond donors (Lipinski definition) is 0. The van der Waals surface area contributed by atoms with Gasteiger partial charge in [-0.15, -0.1) is 0 Å². The lowest BCUT2D eigenvalue weighted by Gasteiger charge is -2.17. The Hall–Kier alpha value is -1.06. The van der Waals surface area contributed by atoms with Crippen LogP contribution in [-0.2, 0) is 4.74 Å². The van der Waals surface area contributed by atoms with Crippen LogP contribution in [0, 0.1) is 5.92 Å². The minimum Gasteiger partial charge on any atom is -0.497 e. The second kappa shape index (κ2) is 5.74. The second-order valence-electron chi connectivity index (χ2n) is 5.51. The van der Waals surface area contributed by atoms with Crippen molar-refractivity contribution in [2.24, 2.45) is 5.92 Å². The maximum atomic E-state index is 5.68. The lowest BCUT2D eigenvalue weighted by Crippen LogP contribution is -2.07. The van der Waals surface area contributed by atoms with E-state index in [1.165, 1.54) is 16.3 Å². The van der Waals surface area contributed by atoms with E-state index in [1.54, 1.807) is 7.11 Å². The third-order valence-electron chi connectivity index (χ3n) is 4.03. The quantitative estimate of drug-likeness (QED) is 0.757. The molecule has 20 heavy (non-hydrogen) atoms. The molecule has 1 saturated heterocycles. The van der Waals surface area contributed by atoms with Crippen molar-refractivity contribution in [2.45, 2.75) is 24.3 Å². The standard InChI is InChI=1S/C17H19BrO2/c1-11-7-15(10-20-11)17(18)14-4-3-13-9-16(19-2)6-5-12(13)8-14/h3-6,8-9,11,15,17H,7,10H2,1-2H3. The Kier molecular flexibility index (Phi) is 3.99. The molecule has 1 aliphatic heterocycles. The molecule has 0 bridgehead atoms. The van der Waals surface area contributed by atoms with E-state index >= 15 is 0 Å². The highest BCUT2D eigenvalue weighted by atomic mass is 79.9. The summed E-state index contributed by atoms with van der Waals surface area (Å²) in [6.07, 6.45) is 1.50. The summed E-state index contributed by atoms with van der Waals surface area (Å²) < 4.78 is 10.9. The van der Waals surface area contributed by atoms with Gasteiger partial charge >= 0.3 is 0 Å². The van der Waals surface area contributed by atoms with E-state index in [-0.39, 0.29) is 0 Å². The first-order valence-corrected chi connectivity index (χ1v) is 7.92. The van der Waals surface area contributed by atoms with E-state index in [9.17, 15) is 0 Å². The molecule has 106 valence electrons. The summed E-state index contributed by atoms with van der Waals surface area (Å²) in [5, 5.41) is 2.46. The Morgan fingerprint density at radius 1 is 1.20 bits per heavy atom. The molecule has 0 N–H and O–H groups in total. The maximum Gasteiger partial charge on any atom is 0.119 e. The number of benzene rings is 2. The SMILES string of the molecule is COc1ccc2cc(C(Br)C3COC(C)C3)ccc2c1. The molecule has 3 atom stereocenters. The van der Waals surface area contributed by atoms with Gasteiger partial charge in [-0.2, -0.15) is 0 Å². The second-order valence-corrected chi connectivity index (χ2v) is 6.50. The van der Waals surface area contributed by atoms with Gasteiger partial charge in [0.1, 0.15) is 5.75 Å². The third kappa shape index (κ3) is 2.70. The number of ether oxygens (including phenoxy) is 2. The molecular formula is C17H19BrO2. The van der Waals surface area contributed by atoms with Crippen LogP contribution in [0.3, 0.4) is 0 Å². The van der Waals surface area contributed by atoms with Gasteiger partial charge in [-0.05, 0) is 41.8 Å². The van der Waals surface area contributed by atoms with Crippen molar-refractivity contribution in [3.63, 3.8) is 0 Å². The fraction of sp³-hybridized carbons (Fsp3) is 0.412. The van der Waals surface area contributed by atoms with Crippen LogP contribution in [0.15, 0.2) is 36.4 Å². The Labute approximate surface area is 128 Å². The van der Waals surface area contributed by atoms with Gasteiger partial charge in [-0.1, -0.05) is 40.2 Å². The van der Waals surface area contributed by atoms with Crippen LogP contribution in [-0.4, -0.2) is 19.8 Å². The molecule has 1 heterocycles. The molecule has 2 nitrogen and oxygen atoms in total. The molecule has 1 aliphatic rings. The van der Waals surface area contributed by atoms with Gasteiger partial charge in [0, 0.05) is 10.7 Å². The molecule has 3 heteroatoms. The first-order chi connectivity index (χ1) is 9.67. The number of rotatable bonds is 3. The molecule has 0 aromatic heterocycles. The highest BCUT2D eigenvalue weighted by Gasteiger charge is 2.29. The molecule has 3 unspecified atom stereocenters. The van der Waals surface area contributed by atoms with E-state index in [4.69, 9.17) is 9.47 Å². The van der Waals surface area contributed by atoms with Gasteiger partial charge in [-0.3, -0.25) is 0 Å². The normalized spacial score (nSPS) is 23.9. The summed E-state index contributed by atoms with van der Waals surface area (Å²) in [6.45, 7) is 2.99. The topological polar surface area (TPSA) is 18.5 Å².